The van der Waals surface area contributed by atoms with Crippen molar-refractivity contribution in [3.8, 4) is 0 Å². The minimum atomic E-state index is -0.348. The Labute approximate surface area is 92.8 Å². The molecule has 1 aromatic carbocycles. The number of hydrogen-bond acceptors (Lipinski definition) is 2. The average molecular weight is 225 g/mol. The Morgan fingerprint density at radius 2 is 2.27 bits per heavy atom. The molecule has 0 unspecified atom stereocenters. The van der Waals surface area contributed by atoms with E-state index < -0.39 is 0 Å². The van der Waals surface area contributed by atoms with E-state index in [1.165, 1.54) is 32.4 Å². The molecule has 78 valence electrons. The molecule has 5 heteroatoms. The van der Waals surface area contributed by atoms with E-state index in [4.69, 9.17) is 23.0 Å². The van der Waals surface area contributed by atoms with Crippen LogP contribution in [0, 0.1) is 6.57 Å². The van der Waals surface area contributed by atoms with E-state index in [0.29, 0.717) is 11.3 Å². The van der Waals surface area contributed by atoms with Gasteiger partial charge in [0, 0.05) is 12.1 Å². The monoisotopic (exact) mass is 224 g/mol. The predicted octanol–water partition coefficient (Wildman–Crippen LogP) is 2.52. The highest BCUT2D eigenvalue weighted by atomic mass is 35.5. The van der Waals surface area contributed by atoms with Gasteiger partial charge in [-0.2, -0.15) is 0 Å². The van der Waals surface area contributed by atoms with Crippen LogP contribution in [0.15, 0.2) is 18.2 Å². The van der Waals surface area contributed by atoms with Gasteiger partial charge in [-0.25, -0.2) is 9.91 Å². The van der Waals surface area contributed by atoms with Crippen molar-refractivity contribution in [1.29, 1.82) is 0 Å². The molecule has 0 spiro atoms. The van der Waals surface area contributed by atoms with Crippen molar-refractivity contribution in [2.24, 2.45) is 0 Å². The van der Waals surface area contributed by atoms with Crippen LogP contribution in [0.2, 0.25) is 5.02 Å². The number of nitrogens with zero attached hydrogens (tertiary/aromatic N) is 2. The van der Waals surface area contributed by atoms with Crippen molar-refractivity contribution in [3.05, 3.63) is 40.2 Å². The summed E-state index contributed by atoms with van der Waals surface area (Å²) < 4.78 is 0. The molecule has 0 aromatic heterocycles. The van der Waals surface area contributed by atoms with Crippen molar-refractivity contribution >= 4 is 23.2 Å². The van der Waals surface area contributed by atoms with E-state index in [0.717, 1.165) is 5.06 Å². The molecule has 0 bridgehead atoms. The standard InChI is InChI=1S/C10H9ClN2O2/c1-12-7-4-5-8(9(11)6-7)10(14)13(2)15-3/h4-6H,2-3H3. The molecule has 0 atom stereocenters. The SMILES string of the molecule is [C-]#[N+]c1ccc(C(=O)N(C)OC)c(Cl)c1. The molecule has 4 nitrogen and oxygen atoms in total. The molecule has 1 rings (SSSR count). The van der Waals surface area contributed by atoms with Gasteiger partial charge in [-0.1, -0.05) is 23.7 Å². The largest absolute Gasteiger partial charge is 0.278 e. The van der Waals surface area contributed by atoms with Gasteiger partial charge in [-0.3, -0.25) is 9.63 Å². The lowest BCUT2D eigenvalue weighted by Gasteiger charge is -2.14. The van der Waals surface area contributed by atoms with E-state index >= 15 is 0 Å². The van der Waals surface area contributed by atoms with Crippen LogP contribution in [0.4, 0.5) is 5.69 Å². The molecule has 0 heterocycles. The van der Waals surface area contributed by atoms with Crippen LogP contribution in [-0.2, 0) is 4.84 Å². The Bertz CT molecular complexity index is 426. The van der Waals surface area contributed by atoms with Crippen LogP contribution in [0.25, 0.3) is 4.85 Å². The molecule has 0 saturated heterocycles. The minimum Gasteiger partial charge on any atom is -0.274 e. The van der Waals surface area contributed by atoms with Crippen molar-refractivity contribution in [2.45, 2.75) is 0 Å². The molecule has 15 heavy (non-hydrogen) atoms. The van der Waals surface area contributed by atoms with Crippen molar-refractivity contribution < 1.29 is 9.63 Å². The first-order valence-electron chi connectivity index (χ1n) is 4.09. The fourth-order valence-corrected chi connectivity index (χ4v) is 1.26. The number of benzene rings is 1. The van der Waals surface area contributed by atoms with Crippen LogP contribution >= 0.6 is 11.6 Å². The molecule has 0 aliphatic heterocycles. The summed E-state index contributed by atoms with van der Waals surface area (Å²) in [5, 5.41) is 1.32. The van der Waals surface area contributed by atoms with Gasteiger partial charge in [0.05, 0.1) is 19.2 Å². The Kier molecular flexibility index (Phi) is 3.67. The predicted molar refractivity (Wildman–Crippen MR) is 56.8 cm³/mol. The molecule has 0 aliphatic carbocycles. The Morgan fingerprint density at radius 1 is 1.60 bits per heavy atom. The second-order valence-corrected chi connectivity index (χ2v) is 3.17. The molecule has 0 saturated carbocycles. The maximum atomic E-state index is 11.6. The summed E-state index contributed by atoms with van der Waals surface area (Å²) >= 11 is 5.86. The summed E-state index contributed by atoms with van der Waals surface area (Å²) in [6.07, 6.45) is 0. The van der Waals surface area contributed by atoms with Gasteiger partial charge in [0.15, 0.2) is 5.69 Å². The minimum absolute atomic E-state index is 0.248. The first-order valence-corrected chi connectivity index (χ1v) is 4.47. The first-order chi connectivity index (χ1) is 7.10. The van der Waals surface area contributed by atoms with Crippen LogP contribution < -0.4 is 0 Å². The third kappa shape index (κ3) is 2.46. The van der Waals surface area contributed by atoms with Crippen molar-refractivity contribution in [2.75, 3.05) is 14.2 Å². The lowest BCUT2D eigenvalue weighted by atomic mass is 10.2. The number of hydroxylamine groups is 2. The fraction of sp³-hybridized carbons (Fsp3) is 0.200. The molecule has 1 amide bonds. The van der Waals surface area contributed by atoms with Gasteiger partial charge in [-0.05, 0) is 6.07 Å². The quantitative estimate of drug-likeness (QED) is 0.571. The maximum Gasteiger partial charge on any atom is 0.278 e. The third-order valence-electron chi connectivity index (χ3n) is 1.87. The number of amides is 1. The first kappa shape index (κ1) is 11.5. The van der Waals surface area contributed by atoms with Crippen LogP contribution in [0.3, 0.4) is 0 Å². The topological polar surface area (TPSA) is 33.9 Å². The molecule has 1 aromatic rings. The number of carbonyl (C=O) groups is 1. The zero-order valence-electron chi connectivity index (χ0n) is 8.32. The Hall–Kier alpha value is -1.57. The van der Waals surface area contributed by atoms with Gasteiger partial charge < -0.3 is 0 Å². The molecule has 0 N–H and O–H groups in total. The lowest BCUT2D eigenvalue weighted by Crippen LogP contribution is -2.25. The maximum absolute atomic E-state index is 11.6. The van der Waals surface area contributed by atoms with E-state index in [9.17, 15) is 4.79 Å². The van der Waals surface area contributed by atoms with Gasteiger partial charge in [0.1, 0.15) is 0 Å². The number of hydrogen-bond donors (Lipinski definition) is 0. The van der Waals surface area contributed by atoms with Crippen molar-refractivity contribution in [1.82, 2.24) is 5.06 Å². The number of rotatable bonds is 2. The highest BCUT2D eigenvalue weighted by Crippen LogP contribution is 2.23. The van der Waals surface area contributed by atoms with E-state index in [-0.39, 0.29) is 10.9 Å². The van der Waals surface area contributed by atoms with E-state index in [2.05, 4.69) is 4.85 Å². The normalized spacial score (nSPS) is 9.47. The van der Waals surface area contributed by atoms with E-state index in [1.807, 2.05) is 0 Å². The zero-order chi connectivity index (χ0) is 11.4. The molecule has 0 aliphatic rings. The zero-order valence-corrected chi connectivity index (χ0v) is 9.08. The molecule has 0 fully saturated rings. The number of carbonyl (C=O) groups excluding carboxylic acids is 1. The van der Waals surface area contributed by atoms with Gasteiger partial charge >= 0.3 is 0 Å². The van der Waals surface area contributed by atoms with Crippen LogP contribution in [0.1, 0.15) is 10.4 Å². The van der Waals surface area contributed by atoms with Crippen molar-refractivity contribution in [3.63, 3.8) is 0 Å². The molecule has 0 radical (unpaired) electrons. The highest BCUT2D eigenvalue weighted by molar-refractivity contribution is 6.34. The van der Waals surface area contributed by atoms with Crippen LogP contribution in [0.5, 0.6) is 0 Å². The Morgan fingerprint density at radius 3 is 2.73 bits per heavy atom. The van der Waals surface area contributed by atoms with Crippen LogP contribution in [-0.4, -0.2) is 25.1 Å². The summed E-state index contributed by atoms with van der Waals surface area (Å²) in [6.45, 7) is 6.79. The highest BCUT2D eigenvalue weighted by Gasteiger charge is 2.14. The number of halogens is 1. The summed E-state index contributed by atoms with van der Waals surface area (Å²) in [5.74, 6) is -0.348. The smallest absolute Gasteiger partial charge is 0.274 e. The molecular formula is C10H9ClN2O2. The summed E-state index contributed by atoms with van der Waals surface area (Å²) in [7, 11) is 2.88. The summed E-state index contributed by atoms with van der Waals surface area (Å²) in [4.78, 5) is 19.6. The second kappa shape index (κ2) is 4.78. The van der Waals surface area contributed by atoms with Gasteiger partial charge in [0.25, 0.3) is 5.91 Å². The van der Waals surface area contributed by atoms with Gasteiger partial charge in [0.2, 0.25) is 0 Å². The molecular weight excluding hydrogens is 216 g/mol. The summed E-state index contributed by atoms with van der Waals surface area (Å²) in [6, 6.07) is 4.49. The lowest BCUT2D eigenvalue weighted by molar-refractivity contribution is -0.0756. The summed E-state index contributed by atoms with van der Waals surface area (Å²) in [5.41, 5.74) is 0.713. The Balaban J connectivity index is 3.07. The average Bonchev–Trinajstić information content (AvgIpc) is 2.26. The second-order valence-electron chi connectivity index (χ2n) is 2.76. The third-order valence-corrected chi connectivity index (χ3v) is 2.18. The van der Waals surface area contributed by atoms with Gasteiger partial charge in [-0.15, -0.1) is 0 Å². The van der Waals surface area contributed by atoms with E-state index in [1.54, 1.807) is 0 Å². The fourth-order valence-electron chi connectivity index (χ4n) is 1.000.